The number of carbonyl (C=O) groups excluding carboxylic acids is 1. The van der Waals surface area contributed by atoms with Crippen molar-refractivity contribution >= 4 is 21.6 Å². The lowest BCUT2D eigenvalue weighted by atomic mass is 10.1. The number of hydrogen-bond donors (Lipinski definition) is 1. The average molecular weight is 371 g/mol. The number of rotatable bonds is 10. The molecule has 0 aliphatic carbocycles. The monoisotopic (exact) mass is 370 g/mol. The Labute approximate surface area is 151 Å². The lowest BCUT2D eigenvalue weighted by Gasteiger charge is -2.20. The fourth-order valence-electron chi connectivity index (χ4n) is 2.18. The number of benzene rings is 1. The van der Waals surface area contributed by atoms with Crippen molar-refractivity contribution in [2.45, 2.75) is 46.6 Å². The largest absolute Gasteiger partial charge is 0.491 e. The summed E-state index contributed by atoms with van der Waals surface area (Å²) in [6.07, 6.45) is 2.16. The summed E-state index contributed by atoms with van der Waals surface area (Å²) >= 11 is 0. The van der Waals surface area contributed by atoms with E-state index in [0.717, 1.165) is 12.2 Å². The molecule has 142 valence electrons. The van der Waals surface area contributed by atoms with Crippen LogP contribution >= 0.6 is 0 Å². The smallest absolute Gasteiger partial charge is 0.225 e. The van der Waals surface area contributed by atoms with Crippen molar-refractivity contribution in [3.8, 4) is 5.75 Å². The Morgan fingerprint density at radius 3 is 2.20 bits per heavy atom. The number of nitrogens with zero attached hydrogens (tertiary/aromatic N) is 1. The van der Waals surface area contributed by atoms with Crippen LogP contribution < -0.4 is 10.1 Å². The summed E-state index contributed by atoms with van der Waals surface area (Å²) in [4.78, 5) is 12.1. The first-order valence-corrected chi connectivity index (χ1v) is 10.4. The second-order valence-corrected chi connectivity index (χ2v) is 8.82. The van der Waals surface area contributed by atoms with Gasteiger partial charge in [-0.1, -0.05) is 13.8 Å². The van der Waals surface area contributed by atoms with Crippen LogP contribution in [0.2, 0.25) is 0 Å². The number of amides is 1. The van der Waals surface area contributed by atoms with Gasteiger partial charge in [0.15, 0.2) is 0 Å². The van der Waals surface area contributed by atoms with Crippen LogP contribution in [0.25, 0.3) is 0 Å². The Hall–Kier alpha value is -1.60. The molecule has 0 aromatic heterocycles. The van der Waals surface area contributed by atoms with Gasteiger partial charge in [0, 0.05) is 25.2 Å². The summed E-state index contributed by atoms with van der Waals surface area (Å²) in [5, 5.41) is 2.78. The van der Waals surface area contributed by atoms with Gasteiger partial charge < -0.3 is 10.1 Å². The minimum Gasteiger partial charge on any atom is -0.491 e. The average Bonchev–Trinajstić information content (AvgIpc) is 2.47. The second-order valence-electron chi connectivity index (χ2n) is 6.83. The van der Waals surface area contributed by atoms with Gasteiger partial charge in [0.1, 0.15) is 5.75 Å². The molecule has 6 nitrogen and oxygen atoms in total. The van der Waals surface area contributed by atoms with Gasteiger partial charge in [-0.25, -0.2) is 12.7 Å². The molecule has 1 aromatic carbocycles. The topological polar surface area (TPSA) is 75.7 Å². The van der Waals surface area contributed by atoms with Crippen LogP contribution in [0.3, 0.4) is 0 Å². The van der Waals surface area contributed by atoms with Crippen LogP contribution in [0.15, 0.2) is 24.3 Å². The molecule has 0 radical (unpaired) electrons. The molecular weight excluding hydrogens is 340 g/mol. The zero-order chi connectivity index (χ0) is 19.0. The minimum atomic E-state index is -3.31. The van der Waals surface area contributed by atoms with E-state index < -0.39 is 10.0 Å². The number of carbonyl (C=O) groups is 1. The van der Waals surface area contributed by atoms with Gasteiger partial charge in [0.2, 0.25) is 15.9 Å². The summed E-state index contributed by atoms with van der Waals surface area (Å²) in [5.41, 5.74) is 0.661. The van der Waals surface area contributed by atoms with Crippen molar-refractivity contribution in [2.24, 2.45) is 5.92 Å². The third kappa shape index (κ3) is 8.88. The SMILES string of the molecule is CC(C)CCN(CCC(=O)Nc1ccc(OC(C)C)cc1)S(C)(=O)=O. The Morgan fingerprint density at radius 2 is 1.72 bits per heavy atom. The lowest BCUT2D eigenvalue weighted by Crippen LogP contribution is -2.34. The first-order valence-electron chi connectivity index (χ1n) is 8.59. The van der Waals surface area contributed by atoms with E-state index in [4.69, 9.17) is 4.74 Å². The first-order chi connectivity index (χ1) is 11.6. The third-order valence-corrected chi connectivity index (χ3v) is 4.83. The van der Waals surface area contributed by atoms with E-state index in [9.17, 15) is 13.2 Å². The van der Waals surface area contributed by atoms with Crippen LogP contribution in [-0.2, 0) is 14.8 Å². The molecule has 7 heteroatoms. The van der Waals surface area contributed by atoms with Gasteiger partial charge in [0.25, 0.3) is 0 Å². The zero-order valence-corrected chi connectivity index (χ0v) is 16.6. The number of ether oxygens (including phenoxy) is 1. The molecule has 0 aliphatic heterocycles. The molecule has 0 spiro atoms. The maximum Gasteiger partial charge on any atom is 0.225 e. The van der Waals surface area contributed by atoms with E-state index in [2.05, 4.69) is 5.32 Å². The Kier molecular flexibility index (Phi) is 8.38. The molecule has 0 fully saturated rings. The van der Waals surface area contributed by atoms with E-state index in [1.54, 1.807) is 24.3 Å². The molecule has 1 rings (SSSR count). The fourth-order valence-corrected chi connectivity index (χ4v) is 3.04. The Bertz CT molecular complexity index is 640. The second kappa shape index (κ2) is 9.77. The van der Waals surface area contributed by atoms with Crippen molar-refractivity contribution in [1.82, 2.24) is 4.31 Å². The number of hydrogen-bond acceptors (Lipinski definition) is 4. The number of anilines is 1. The van der Waals surface area contributed by atoms with Gasteiger partial charge >= 0.3 is 0 Å². The summed E-state index contributed by atoms with van der Waals surface area (Å²) in [5.74, 6) is 0.935. The molecule has 0 saturated carbocycles. The molecule has 0 saturated heterocycles. The third-order valence-electron chi connectivity index (χ3n) is 3.52. The van der Waals surface area contributed by atoms with E-state index in [1.165, 1.54) is 10.6 Å². The predicted molar refractivity (Wildman–Crippen MR) is 101 cm³/mol. The molecule has 0 unspecified atom stereocenters. The molecule has 25 heavy (non-hydrogen) atoms. The standard InChI is InChI=1S/C18H30N2O4S/c1-14(2)10-12-20(25(5,22)23)13-11-18(21)19-16-6-8-17(9-7-16)24-15(3)4/h6-9,14-15H,10-13H2,1-5H3,(H,19,21). The summed E-state index contributed by atoms with van der Waals surface area (Å²) in [6, 6.07) is 7.12. The molecule has 1 N–H and O–H groups in total. The van der Waals surface area contributed by atoms with E-state index >= 15 is 0 Å². The maximum atomic E-state index is 12.1. The summed E-state index contributed by atoms with van der Waals surface area (Å²) < 4.78 is 30.6. The molecular formula is C18H30N2O4S. The molecule has 0 heterocycles. The van der Waals surface area contributed by atoms with Crippen LogP contribution in [0.1, 0.15) is 40.5 Å². The summed E-state index contributed by atoms with van der Waals surface area (Å²) in [7, 11) is -3.31. The maximum absolute atomic E-state index is 12.1. The van der Waals surface area contributed by atoms with Gasteiger partial charge in [0.05, 0.1) is 12.4 Å². The highest BCUT2D eigenvalue weighted by molar-refractivity contribution is 7.88. The normalized spacial score (nSPS) is 12.0. The molecule has 1 amide bonds. The fraction of sp³-hybridized carbons (Fsp3) is 0.611. The first kappa shape index (κ1) is 21.4. The van der Waals surface area contributed by atoms with Gasteiger partial charge in [-0.05, 0) is 50.5 Å². The van der Waals surface area contributed by atoms with Crippen LogP contribution in [-0.4, -0.2) is 44.1 Å². The van der Waals surface area contributed by atoms with Crippen LogP contribution in [0, 0.1) is 5.92 Å². The van der Waals surface area contributed by atoms with Crippen molar-refractivity contribution in [3.05, 3.63) is 24.3 Å². The van der Waals surface area contributed by atoms with Crippen LogP contribution in [0.5, 0.6) is 5.75 Å². The van der Waals surface area contributed by atoms with E-state index in [1.807, 2.05) is 27.7 Å². The predicted octanol–water partition coefficient (Wildman–Crippen LogP) is 3.11. The molecule has 0 bridgehead atoms. The lowest BCUT2D eigenvalue weighted by molar-refractivity contribution is -0.116. The van der Waals surface area contributed by atoms with Gasteiger partial charge in [-0.2, -0.15) is 0 Å². The van der Waals surface area contributed by atoms with Crippen molar-refractivity contribution < 1.29 is 17.9 Å². The highest BCUT2D eigenvalue weighted by atomic mass is 32.2. The molecule has 0 atom stereocenters. The highest BCUT2D eigenvalue weighted by Crippen LogP contribution is 2.17. The highest BCUT2D eigenvalue weighted by Gasteiger charge is 2.18. The van der Waals surface area contributed by atoms with Crippen molar-refractivity contribution in [2.75, 3.05) is 24.7 Å². The number of sulfonamides is 1. The molecule has 0 aliphatic rings. The van der Waals surface area contributed by atoms with Crippen LogP contribution in [0.4, 0.5) is 5.69 Å². The quantitative estimate of drug-likeness (QED) is 0.687. The Morgan fingerprint density at radius 1 is 1.12 bits per heavy atom. The molecule has 1 aromatic rings. The van der Waals surface area contributed by atoms with Gasteiger partial charge in [-0.3, -0.25) is 4.79 Å². The van der Waals surface area contributed by atoms with Crippen molar-refractivity contribution in [1.29, 1.82) is 0 Å². The Balaban J connectivity index is 2.54. The van der Waals surface area contributed by atoms with E-state index in [0.29, 0.717) is 18.2 Å². The minimum absolute atomic E-state index is 0.0910. The summed E-state index contributed by atoms with van der Waals surface area (Å²) in [6.45, 7) is 8.60. The van der Waals surface area contributed by atoms with Gasteiger partial charge in [-0.15, -0.1) is 0 Å². The zero-order valence-electron chi connectivity index (χ0n) is 15.8. The van der Waals surface area contributed by atoms with Crippen molar-refractivity contribution in [3.63, 3.8) is 0 Å². The number of nitrogens with one attached hydrogen (secondary N) is 1. The van der Waals surface area contributed by atoms with E-state index in [-0.39, 0.29) is 25.0 Å².